The molecule has 0 spiro atoms. The fraction of sp³-hybridized carbons (Fsp3) is 0.296. The van der Waals surface area contributed by atoms with Crippen LogP contribution in [0.25, 0.3) is 0 Å². The summed E-state index contributed by atoms with van der Waals surface area (Å²) in [6.45, 7) is 1.26. The van der Waals surface area contributed by atoms with Crippen LogP contribution >= 0.6 is 0 Å². The molecule has 1 aliphatic heterocycles. The predicted octanol–water partition coefficient (Wildman–Crippen LogP) is 3.56. The van der Waals surface area contributed by atoms with Gasteiger partial charge in [-0.05, 0) is 42.0 Å². The maximum Gasteiger partial charge on any atom is 0.272 e. The Morgan fingerprint density at radius 1 is 1.09 bits per heavy atom. The van der Waals surface area contributed by atoms with Gasteiger partial charge in [-0.1, -0.05) is 36.4 Å². The Morgan fingerprint density at radius 2 is 1.83 bits per heavy atom. The molecule has 7 nitrogen and oxygen atoms in total. The lowest BCUT2D eigenvalue weighted by Crippen LogP contribution is -2.58. The van der Waals surface area contributed by atoms with E-state index in [9.17, 15) is 14.0 Å². The first-order valence-corrected chi connectivity index (χ1v) is 11.4. The van der Waals surface area contributed by atoms with Gasteiger partial charge in [0.05, 0.1) is 19.6 Å². The second-order valence-electron chi connectivity index (χ2n) is 8.63. The van der Waals surface area contributed by atoms with Crippen LogP contribution in [0.4, 0.5) is 4.39 Å². The summed E-state index contributed by atoms with van der Waals surface area (Å²) in [5.74, 6) is -0.285. The average molecular weight is 478 g/mol. The first-order chi connectivity index (χ1) is 16.9. The molecule has 2 heterocycles. The molecule has 35 heavy (non-hydrogen) atoms. The number of aromatic nitrogens is 1. The summed E-state index contributed by atoms with van der Waals surface area (Å²) in [5, 5.41) is 0. The third kappa shape index (κ3) is 6.42. The highest BCUT2D eigenvalue weighted by Crippen LogP contribution is 2.26. The number of rotatable bonds is 8. The quantitative estimate of drug-likeness (QED) is 0.496. The summed E-state index contributed by atoms with van der Waals surface area (Å²) in [4.78, 5) is 33.8. The van der Waals surface area contributed by atoms with Gasteiger partial charge in [0.15, 0.2) is 0 Å². The standard InChI is InChI=1S/C27H28FN3O4/c1-30(18-21-7-3-2-4-8-21)25(32)17-27(20-34-23-12-10-22(28)11-13-23)19-31(15-16-35-27)26(33)24-9-5-6-14-29-24/h2-14H,15-20H2,1H3/t27-/m0/s1. The first kappa shape index (κ1) is 24.3. The van der Waals surface area contributed by atoms with Crippen molar-refractivity contribution in [2.24, 2.45) is 0 Å². The van der Waals surface area contributed by atoms with Crippen LogP contribution < -0.4 is 4.74 Å². The lowest BCUT2D eigenvalue weighted by Gasteiger charge is -2.42. The molecule has 3 aromatic rings. The molecule has 2 aromatic carbocycles. The van der Waals surface area contributed by atoms with E-state index >= 15 is 0 Å². The van der Waals surface area contributed by atoms with Crippen molar-refractivity contribution in [1.82, 2.24) is 14.8 Å². The van der Waals surface area contributed by atoms with Crippen molar-refractivity contribution in [3.63, 3.8) is 0 Å². The number of halogens is 1. The lowest BCUT2D eigenvalue weighted by atomic mass is 9.96. The SMILES string of the molecule is CN(Cc1ccccc1)C(=O)C[C@@]1(COc2ccc(F)cc2)CN(C(=O)c2ccccn2)CCO1. The van der Waals surface area contributed by atoms with Crippen LogP contribution in [0, 0.1) is 5.82 Å². The molecule has 0 bridgehead atoms. The fourth-order valence-corrected chi connectivity index (χ4v) is 4.02. The van der Waals surface area contributed by atoms with Crippen LogP contribution in [-0.2, 0) is 16.1 Å². The average Bonchev–Trinajstić information content (AvgIpc) is 2.89. The monoisotopic (exact) mass is 477 g/mol. The molecule has 1 aromatic heterocycles. The molecule has 1 saturated heterocycles. The van der Waals surface area contributed by atoms with Crippen LogP contribution in [-0.4, -0.2) is 65.6 Å². The van der Waals surface area contributed by atoms with Gasteiger partial charge in [-0.25, -0.2) is 4.39 Å². The van der Waals surface area contributed by atoms with Crippen molar-refractivity contribution in [2.75, 3.05) is 33.4 Å². The summed E-state index contributed by atoms with van der Waals surface area (Å²) in [7, 11) is 1.74. The van der Waals surface area contributed by atoms with Gasteiger partial charge in [0.2, 0.25) is 5.91 Å². The van der Waals surface area contributed by atoms with Crippen LogP contribution in [0.3, 0.4) is 0 Å². The third-order valence-electron chi connectivity index (χ3n) is 5.90. The molecule has 1 atom stereocenters. The van der Waals surface area contributed by atoms with Gasteiger partial charge in [0.1, 0.15) is 29.5 Å². The molecule has 0 radical (unpaired) electrons. The zero-order chi connectivity index (χ0) is 24.7. The van der Waals surface area contributed by atoms with E-state index in [1.807, 2.05) is 30.3 Å². The van der Waals surface area contributed by atoms with Crippen molar-refractivity contribution < 1.29 is 23.5 Å². The summed E-state index contributed by atoms with van der Waals surface area (Å²) in [6.07, 6.45) is 1.59. The summed E-state index contributed by atoms with van der Waals surface area (Å²) in [6, 6.07) is 20.5. The topological polar surface area (TPSA) is 72.0 Å². The van der Waals surface area contributed by atoms with E-state index in [0.29, 0.717) is 24.5 Å². The second kappa shape index (κ2) is 11.1. The molecule has 182 valence electrons. The molecule has 2 amide bonds. The summed E-state index contributed by atoms with van der Waals surface area (Å²) < 4.78 is 25.4. The maximum atomic E-state index is 13.3. The minimum absolute atomic E-state index is 0.0174. The third-order valence-corrected chi connectivity index (χ3v) is 5.90. The van der Waals surface area contributed by atoms with E-state index in [0.717, 1.165) is 5.56 Å². The van der Waals surface area contributed by atoms with Gasteiger partial charge in [0.25, 0.3) is 5.91 Å². The molecule has 0 aliphatic carbocycles. The van der Waals surface area contributed by atoms with E-state index in [4.69, 9.17) is 9.47 Å². The van der Waals surface area contributed by atoms with Crippen molar-refractivity contribution in [3.8, 4) is 5.75 Å². The van der Waals surface area contributed by atoms with Crippen LogP contribution in [0.15, 0.2) is 79.0 Å². The van der Waals surface area contributed by atoms with E-state index < -0.39 is 5.60 Å². The van der Waals surface area contributed by atoms with Crippen LogP contribution in [0.1, 0.15) is 22.5 Å². The Hall–Kier alpha value is -3.78. The Balaban J connectivity index is 1.51. The molecular formula is C27H28FN3O4. The normalized spacial score (nSPS) is 17.6. The minimum atomic E-state index is -1.07. The number of ether oxygens (including phenoxy) is 2. The highest BCUT2D eigenvalue weighted by atomic mass is 19.1. The van der Waals surface area contributed by atoms with Crippen molar-refractivity contribution >= 4 is 11.8 Å². The van der Waals surface area contributed by atoms with Crippen molar-refractivity contribution in [1.29, 1.82) is 0 Å². The van der Waals surface area contributed by atoms with E-state index in [1.54, 1.807) is 41.2 Å². The largest absolute Gasteiger partial charge is 0.490 e. The molecule has 0 unspecified atom stereocenters. The number of hydrogen-bond acceptors (Lipinski definition) is 5. The molecule has 1 fully saturated rings. The van der Waals surface area contributed by atoms with E-state index in [2.05, 4.69) is 4.98 Å². The lowest BCUT2D eigenvalue weighted by molar-refractivity contribution is -0.152. The Bertz CT molecular complexity index is 1130. The van der Waals surface area contributed by atoms with Crippen molar-refractivity contribution in [2.45, 2.75) is 18.6 Å². The van der Waals surface area contributed by atoms with Crippen LogP contribution in [0.2, 0.25) is 0 Å². The van der Waals surface area contributed by atoms with E-state index in [1.165, 1.54) is 24.3 Å². The number of hydrogen-bond donors (Lipinski definition) is 0. The summed E-state index contributed by atoms with van der Waals surface area (Å²) >= 11 is 0. The van der Waals surface area contributed by atoms with E-state index in [-0.39, 0.29) is 43.8 Å². The van der Waals surface area contributed by atoms with Gasteiger partial charge in [-0.2, -0.15) is 0 Å². The van der Waals surface area contributed by atoms with Gasteiger partial charge in [-0.15, -0.1) is 0 Å². The number of amides is 2. The zero-order valence-electron chi connectivity index (χ0n) is 19.6. The smallest absolute Gasteiger partial charge is 0.272 e. The van der Waals surface area contributed by atoms with Gasteiger partial charge in [0, 0.05) is 26.3 Å². The Kier molecular flexibility index (Phi) is 7.72. The fourth-order valence-electron chi connectivity index (χ4n) is 4.02. The van der Waals surface area contributed by atoms with Crippen LogP contribution in [0.5, 0.6) is 5.75 Å². The molecule has 0 N–H and O–H groups in total. The Labute approximate surface area is 204 Å². The zero-order valence-corrected chi connectivity index (χ0v) is 19.6. The summed E-state index contributed by atoms with van der Waals surface area (Å²) in [5.41, 5.74) is 0.269. The highest BCUT2D eigenvalue weighted by Gasteiger charge is 2.42. The first-order valence-electron chi connectivity index (χ1n) is 11.4. The predicted molar refractivity (Wildman–Crippen MR) is 128 cm³/mol. The molecule has 4 rings (SSSR count). The second-order valence-corrected chi connectivity index (χ2v) is 8.63. The number of nitrogens with zero attached hydrogens (tertiary/aromatic N) is 3. The molecule has 0 saturated carbocycles. The highest BCUT2D eigenvalue weighted by molar-refractivity contribution is 5.92. The number of morpholine rings is 1. The number of carbonyl (C=O) groups excluding carboxylic acids is 2. The maximum absolute atomic E-state index is 13.3. The van der Waals surface area contributed by atoms with Crippen molar-refractivity contribution in [3.05, 3.63) is 96.1 Å². The molecule has 1 aliphatic rings. The van der Waals surface area contributed by atoms with Gasteiger partial charge in [-0.3, -0.25) is 14.6 Å². The number of carbonyl (C=O) groups is 2. The number of pyridine rings is 1. The Morgan fingerprint density at radius 3 is 2.54 bits per heavy atom. The molecular weight excluding hydrogens is 449 g/mol. The minimum Gasteiger partial charge on any atom is -0.490 e. The van der Waals surface area contributed by atoms with Gasteiger partial charge >= 0.3 is 0 Å². The number of benzene rings is 2. The van der Waals surface area contributed by atoms with Gasteiger partial charge < -0.3 is 19.3 Å². The molecule has 8 heteroatoms.